The van der Waals surface area contributed by atoms with E-state index in [4.69, 9.17) is 17.6 Å². The Labute approximate surface area is 202 Å². The summed E-state index contributed by atoms with van der Waals surface area (Å²) in [4.78, 5) is 3.99. The molecule has 0 aliphatic carbocycles. The Morgan fingerprint density at radius 2 is 1.82 bits per heavy atom. The number of thiocarbonyl (C=S) groups is 1. The molecule has 0 spiro atoms. The van der Waals surface area contributed by atoms with E-state index < -0.39 is 6.36 Å². The zero-order valence-electron chi connectivity index (χ0n) is 17.5. The molecule has 2 aromatic carbocycles. The smallest absolute Gasteiger partial charge is 0.406 e. The van der Waals surface area contributed by atoms with E-state index in [-0.39, 0.29) is 11.6 Å². The van der Waals surface area contributed by atoms with Crippen molar-refractivity contribution in [2.45, 2.75) is 12.9 Å². The molecule has 3 aromatic rings. The van der Waals surface area contributed by atoms with Gasteiger partial charge in [-0.05, 0) is 64.4 Å². The van der Waals surface area contributed by atoms with E-state index in [1.54, 1.807) is 41.8 Å². The quantitative estimate of drug-likeness (QED) is 0.148. The Kier molecular flexibility index (Phi) is 8.71. The van der Waals surface area contributed by atoms with Crippen molar-refractivity contribution in [1.82, 2.24) is 10.7 Å². The number of alkyl halides is 3. The molecular formula is C22H19F3N6OS2. The molecular weight excluding hydrogens is 485 g/mol. The van der Waals surface area contributed by atoms with E-state index in [9.17, 15) is 13.2 Å². The summed E-state index contributed by atoms with van der Waals surface area (Å²) < 4.78 is 40.4. The normalized spacial score (nSPS) is 11.5. The van der Waals surface area contributed by atoms with E-state index in [0.29, 0.717) is 22.9 Å². The van der Waals surface area contributed by atoms with Gasteiger partial charge in [-0.2, -0.15) is 16.4 Å². The molecule has 3 rings (SSSR count). The highest BCUT2D eigenvalue weighted by atomic mass is 32.1. The molecule has 0 aliphatic heterocycles. The van der Waals surface area contributed by atoms with Crippen LogP contribution in [-0.4, -0.2) is 29.9 Å². The van der Waals surface area contributed by atoms with Crippen LogP contribution in [0.15, 0.2) is 75.5 Å². The Morgan fingerprint density at radius 3 is 2.47 bits per heavy atom. The van der Waals surface area contributed by atoms with E-state index in [1.807, 2.05) is 16.8 Å². The number of anilines is 1. The van der Waals surface area contributed by atoms with Gasteiger partial charge < -0.3 is 15.4 Å². The lowest BCUT2D eigenvalue weighted by molar-refractivity contribution is -0.274. The van der Waals surface area contributed by atoms with Crippen molar-refractivity contribution in [3.63, 3.8) is 0 Å². The summed E-state index contributed by atoms with van der Waals surface area (Å²) in [5.74, 6) is -0.317. The highest BCUT2D eigenvalue weighted by Gasteiger charge is 2.30. The first-order valence-electron chi connectivity index (χ1n) is 9.70. The third-order valence-electron chi connectivity index (χ3n) is 4.11. The monoisotopic (exact) mass is 504 g/mol. The fourth-order valence-corrected chi connectivity index (χ4v) is 3.30. The predicted molar refractivity (Wildman–Crippen MR) is 133 cm³/mol. The summed E-state index contributed by atoms with van der Waals surface area (Å²) >= 11 is 6.79. The van der Waals surface area contributed by atoms with Crippen LogP contribution in [0.2, 0.25) is 0 Å². The number of hydrogen-bond acceptors (Lipinski definition) is 5. The second-order valence-electron chi connectivity index (χ2n) is 6.63. The third-order valence-corrected chi connectivity index (χ3v) is 5.08. The van der Waals surface area contributed by atoms with E-state index in [1.165, 1.54) is 30.6 Å². The number of rotatable bonds is 8. The molecule has 0 fully saturated rings. The molecule has 34 heavy (non-hydrogen) atoms. The summed E-state index contributed by atoms with van der Waals surface area (Å²) in [5.41, 5.74) is 5.75. The molecule has 0 amide bonds. The van der Waals surface area contributed by atoms with Gasteiger partial charge in [-0.1, -0.05) is 24.3 Å². The van der Waals surface area contributed by atoms with Crippen molar-refractivity contribution in [1.29, 1.82) is 5.41 Å². The first-order chi connectivity index (χ1) is 16.3. The standard InChI is InChI=1S/C22H19F3N6OS2/c23-22(24,25)32-19-7-5-18(6-8-19)28-14-29-20(26)17-3-1-15(2-4-17)12-30-31-21(33)27-11-16-9-10-34-13-16/h1-10,12-14H,11H2,(H2,26,28,29)(H2,27,31,33)/b30-12+. The van der Waals surface area contributed by atoms with Gasteiger partial charge >= 0.3 is 6.36 Å². The topological polar surface area (TPSA) is 93.9 Å². The maximum Gasteiger partial charge on any atom is 0.573 e. The van der Waals surface area contributed by atoms with Crippen molar-refractivity contribution in [3.05, 3.63) is 82.0 Å². The molecule has 0 bridgehead atoms. The molecule has 0 atom stereocenters. The predicted octanol–water partition coefficient (Wildman–Crippen LogP) is 5.11. The Bertz CT molecular complexity index is 1140. The lowest BCUT2D eigenvalue weighted by atomic mass is 10.1. The number of nitrogens with one attached hydrogen (secondary N) is 4. The van der Waals surface area contributed by atoms with Crippen molar-refractivity contribution in [2.24, 2.45) is 10.1 Å². The first-order valence-corrected chi connectivity index (χ1v) is 11.1. The fourth-order valence-electron chi connectivity index (χ4n) is 2.51. The summed E-state index contributed by atoms with van der Waals surface area (Å²) in [5, 5.41) is 22.4. The minimum Gasteiger partial charge on any atom is -0.406 e. The minimum atomic E-state index is -4.74. The molecule has 0 saturated carbocycles. The zero-order chi connectivity index (χ0) is 24.4. The maximum absolute atomic E-state index is 12.2. The highest BCUT2D eigenvalue weighted by Crippen LogP contribution is 2.23. The number of ether oxygens (including phenoxy) is 1. The van der Waals surface area contributed by atoms with Crippen molar-refractivity contribution >= 4 is 52.7 Å². The van der Waals surface area contributed by atoms with Gasteiger partial charge in [-0.3, -0.25) is 10.8 Å². The van der Waals surface area contributed by atoms with E-state index in [0.717, 1.165) is 11.1 Å². The number of halogens is 3. The number of amidine groups is 1. The van der Waals surface area contributed by atoms with Gasteiger partial charge in [0.2, 0.25) is 0 Å². The van der Waals surface area contributed by atoms with E-state index in [2.05, 4.69) is 30.9 Å². The zero-order valence-corrected chi connectivity index (χ0v) is 19.1. The Morgan fingerprint density at radius 1 is 1.09 bits per heavy atom. The molecule has 7 nitrogen and oxygen atoms in total. The molecule has 1 heterocycles. The second-order valence-corrected chi connectivity index (χ2v) is 7.82. The summed E-state index contributed by atoms with van der Waals surface area (Å²) in [7, 11) is 0. The first kappa shape index (κ1) is 24.9. The lowest BCUT2D eigenvalue weighted by Crippen LogP contribution is -2.31. The summed E-state index contributed by atoms with van der Waals surface area (Å²) in [6, 6.07) is 14.2. The largest absolute Gasteiger partial charge is 0.573 e. The van der Waals surface area contributed by atoms with Crippen molar-refractivity contribution in [2.75, 3.05) is 5.32 Å². The van der Waals surface area contributed by atoms with Crippen LogP contribution >= 0.6 is 23.6 Å². The highest BCUT2D eigenvalue weighted by molar-refractivity contribution is 7.80. The second kappa shape index (κ2) is 11.9. The van der Waals surface area contributed by atoms with Crippen LogP contribution in [0.25, 0.3) is 0 Å². The number of aliphatic imine (C=N–C) groups is 1. The van der Waals surface area contributed by atoms with Gasteiger partial charge in [-0.25, -0.2) is 4.99 Å². The van der Waals surface area contributed by atoms with Crippen molar-refractivity contribution in [3.8, 4) is 5.75 Å². The fraction of sp³-hybridized carbons (Fsp3) is 0.0909. The third kappa shape index (κ3) is 8.64. The van der Waals surface area contributed by atoms with Gasteiger partial charge in [-0.15, -0.1) is 13.2 Å². The van der Waals surface area contributed by atoms with Crippen LogP contribution in [-0.2, 0) is 6.54 Å². The van der Waals surface area contributed by atoms with Gasteiger partial charge in [0.1, 0.15) is 5.75 Å². The number of thiophene rings is 1. The van der Waals surface area contributed by atoms with Crippen LogP contribution in [0.5, 0.6) is 5.75 Å². The summed E-state index contributed by atoms with van der Waals surface area (Å²) in [6.07, 6.45) is -1.86. The molecule has 0 radical (unpaired) electrons. The molecule has 176 valence electrons. The molecule has 0 aliphatic rings. The summed E-state index contributed by atoms with van der Waals surface area (Å²) in [6.45, 7) is 0.620. The minimum absolute atomic E-state index is 0.00458. The van der Waals surface area contributed by atoms with Crippen molar-refractivity contribution < 1.29 is 17.9 Å². The molecule has 12 heteroatoms. The van der Waals surface area contributed by atoms with Gasteiger partial charge in [0.05, 0.1) is 12.6 Å². The maximum atomic E-state index is 12.2. The van der Waals surface area contributed by atoms with Crippen LogP contribution in [0, 0.1) is 5.41 Å². The number of hydrazone groups is 1. The molecule has 0 unspecified atom stereocenters. The SMILES string of the molecule is N=C(/N=C\Nc1ccc(OC(F)(F)F)cc1)c1ccc(/C=N/NC(=S)NCc2ccsc2)cc1. The average Bonchev–Trinajstić information content (AvgIpc) is 3.32. The van der Waals surface area contributed by atoms with E-state index >= 15 is 0 Å². The molecule has 1 aromatic heterocycles. The van der Waals surface area contributed by atoms with Crippen LogP contribution in [0.1, 0.15) is 16.7 Å². The van der Waals surface area contributed by atoms with Gasteiger partial charge in [0.25, 0.3) is 0 Å². The molecule has 0 saturated heterocycles. The van der Waals surface area contributed by atoms with Crippen LogP contribution in [0.4, 0.5) is 18.9 Å². The van der Waals surface area contributed by atoms with Crippen LogP contribution < -0.4 is 20.8 Å². The number of benzene rings is 2. The number of hydrogen-bond donors (Lipinski definition) is 4. The number of nitrogens with zero attached hydrogens (tertiary/aromatic N) is 2. The Hall–Kier alpha value is -3.77. The lowest BCUT2D eigenvalue weighted by Gasteiger charge is -2.09. The molecule has 4 N–H and O–H groups in total. The van der Waals surface area contributed by atoms with Gasteiger partial charge in [0, 0.05) is 17.8 Å². The Balaban J connectivity index is 1.43. The van der Waals surface area contributed by atoms with Gasteiger partial charge in [0.15, 0.2) is 10.9 Å². The van der Waals surface area contributed by atoms with Crippen LogP contribution in [0.3, 0.4) is 0 Å². The average molecular weight is 505 g/mol.